The van der Waals surface area contributed by atoms with E-state index in [0.29, 0.717) is 13.0 Å². The Morgan fingerprint density at radius 1 is 1.20 bits per heavy atom. The summed E-state index contributed by atoms with van der Waals surface area (Å²) in [7, 11) is 1.63. The highest BCUT2D eigenvalue weighted by Crippen LogP contribution is 2.21. The molecule has 0 radical (unpaired) electrons. The molecule has 25 heavy (non-hydrogen) atoms. The predicted molar refractivity (Wildman–Crippen MR) is 97.5 cm³/mol. The van der Waals surface area contributed by atoms with Gasteiger partial charge in [0.1, 0.15) is 12.3 Å². The fourth-order valence-corrected chi connectivity index (χ4v) is 2.84. The molecule has 0 bridgehead atoms. The Kier molecular flexibility index (Phi) is 5.36. The quantitative estimate of drug-likeness (QED) is 0.696. The second kappa shape index (κ2) is 7.85. The first-order chi connectivity index (χ1) is 12.2. The number of hydrogen-bond acceptors (Lipinski definition) is 3. The number of nitrogens with one attached hydrogen (secondary N) is 1. The summed E-state index contributed by atoms with van der Waals surface area (Å²) < 4.78 is 7.11. The number of fused-ring (bicyclic) bond motifs is 1. The lowest BCUT2D eigenvalue weighted by atomic mass is 10.1. The summed E-state index contributed by atoms with van der Waals surface area (Å²) in [6, 6.07) is 17.2. The van der Waals surface area contributed by atoms with Crippen LogP contribution in [0.4, 0.5) is 0 Å². The van der Waals surface area contributed by atoms with Gasteiger partial charge in [0.25, 0.3) is 0 Å². The van der Waals surface area contributed by atoms with Crippen molar-refractivity contribution in [3.05, 3.63) is 66.4 Å². The maximum atomic E-state index is 12.2. The van der Waals surface area contributed by atoms with Crippen LogP contribution in [0.1, 0.15) is 18.1 Å². The van der Waals surface area contributed by atoms with Crippen molar-refractivity contribution < 1.29 is 14.6 Å². The summed E-state index contributed by atoms with van der Waals surface area (Å²) in [5.41, 5.74) is 1.85. The maximum absolute atomic E-state index is 12.2. The molecule has 0 spiro atoms. The molecule has 0 saturated carbocycles. The number of benzene rings is 2. The second-order valence-electron chi connectivity index (χ2n) is 5.93. The number of amides is 1. The average Bonchev–Trinajstić information content (AvgIpc) is 3.04. The first kappa shape index (κ1) is 17.0. The van der Waals surface area contributed by atoms with Crippen molar-refractivity contribution in [2.75, 3.05) is 13.7 Å². The van der Waals surface area contributed by atoms with Crippen LogP contribution in [0.3, 0.4) is 0 Å². The molecule has 1 atom stereocenters. The van der Waals surface area contributed by atoms with Gasteiger partial charge in [0.15, 0.2) is 0 Å². The Balaban J connectivity index is 1.53. The maximum Gasteiger partial charge on any atom is 0.239 e. The molecule has 5 heteroatoms. The van der Waals surface area contributed by atoms with Gasteiger partial charge in [0.05, 0.1) is 13.2 Å². The smallest absolute Gasteiger partial charge is 0.239 e. The normalized spacial score (nSPS) is 12.1. The van der Waals surface area contributed by atoms with Crippen LogP contribution >= 0.6 is 0 Å². The molecule has 3 aromatic rings. The van der Waals surface area contributed by atoms with Crippen molar-refractivity contribution in [1.29, 1.82) is 0 Å². The molecule has 3 rings (SSSR count). The van der Waals surface area contributed by atoms with Crippen LogP contribution in [0.2, 0.25) is 0 Å². The van der Waals surface area contributed by atoms with Crippen LogP contribution < -0.4 is 10.1 Å². The molecule has 0 aliphatic rings. The third-order valence-corrected chi connectivity index (χ3v) is 4.22. The lowest BCUT2D eigenvalue weighted by Crippen LogP contribution is -2.29. The number of aliphatic hydroxyl groups excluding tert-OH is 1. The van der Waals surface area contributed by atoms with Crippen molar-refractivity contribution in [3.8, 4) is 5.75 Å². The van der Waals surface area contributed by atoms with Crippen LogP contribution in [-0.4, -0.2) is 29.2 Å². The van der Waals surface area contributed by atoms with Crippen LogP contribution in [0.5, 0.6) is 5.75 Å². The number of aliphatic hydroxyl groups is 1. The molecule has 2 aromatic carbocycles. The number of carbonyl (C=O) groups excluding carboxylic acids is 1. The Morgan fingerprint density at radius 3 is 2.76 bits per heavy atom. The molecule has 1 amide bonds. The molecular formula is C20H22N2O3. The van der Waals surface area contributed by atoms with E-state index in [-0.39, 0.29) is 12.5 Å². The third kappa shape index (κ3) is 4.19. The molecule has 5 nitrogen and oxygen atoms in total. The number of nitrogens with zero attached hydrogens (tertiary/aromatic N) is 1. The first-order valence-electron chi connectivity index (χ1n) is 8.30. The highest BCUT2D eigenvalue weighted by Gasteiger charge is 2.09. The van der Waals surface area contributed by atoms with Gasteiger partial charge < -0.3 is 19.7 Å². The molecule has 0 fully saturated rings. The summed E-state index contributed by atoms with van der Waals surface area (Å²) in [5, 5.41) is 14.0. The van der Waals surface area contributed by atoms with Gasteiger partial charge in [-0.2, -0.15) is 0 Å². The van der Waals surface area contributed by atoms with Crippen molar-refractivity contribution in [1.82, 2.24) is 9.88 Å². The van der Waals surface area contributed by atoms with Gasteiger partial charge in [-0.3, -0.25) is 4.79 Å². The number of aromatic nitrogens is 1. The van der Waals surface area contributed by atoms with Crippen LogP contribution in [0.15, 0.2) is 60.8 Å². The van der Waals surface area contributed by atoms with Gasteiger partial charge in [-0.15, -0.1) is 0 Å². The lowest BCUT2D eigenvalue weighted by Gasteiger charge is -2.12. The Bertz CT molecular complexity index is 843. The summed E-state index contributed by atoms with van der Waals surface area (Å²) >= 11 is 0. The number of ether oxygens (including phenoxy) is 1. The Morgan fingerprint density at radius 2 is 2.00 bits per heavy atom. The van der Waals surface area contributed by atoms with E-state index in [0.717, 1.165) is 22.2 Å². The standard InChI is InChI=1S/C20H22N2O3/c1-25-17-7-8-18-16(13-17)10-12-22(18)14-20(24)21-11-9-19(23)15-5-3-2-4-6-15/h2-8,10,12-13,19,23H,9,11,14H2,1H3,(H,21,24). The van der Waals surface area contributed by atoms with Crippen molar-refractivity contribution in [3.63, 3.8) is 0 Å². The van der Waals surface area contributed by atoms with Crippen LogP contribution in [0.25, 0.3) is 10.9 Å². The van der Waals surface area contributed by atoms with Crippen molar-refractivity contribution in [2.45, 2.75) is 19.1 Å². The summed E-state index contributed by atoms with van der Waals surface area (Å²) in [4.78, 5) is 12.2. The summed E-state index contributed by atoms with van der Waals surface area (Å²) in [6.45, 7) is 0.680. The first-order valence-corrected chi connectivity index (χ1v) is 8.30. The highest BCUT2D eigenvalue weighted by molar-refractivity contribution is 5.84. The van der Waals surface area contributed by atoms with E-state index in [1.165, 1.54) is 0 Å². The molecule has 0 saturated heterocycles. The lowest BCUT2D eigenvalue weighted by molar-refractivity contribution is -0.121. The zero-order valence-electron chi connectivity index (χ0n) is 14.2. The molecular weight excluding hydrogens is 316 g/mol. The Labute approximate surface area is 146 Å². The second-order valence-corrected chi connectivity index (χ2v) is 5.93. The van der Waals surface area contributed by atoms with Gasteiger partial charge in [-0.25, -0.2) is 0 Å². The zero-order valence-corrected chi connectivity index (χ0v) is 14.2. The number of hydrogen-bond donors (Lipinski definition) is 2. The van der Waals surface area contributed by atoms with E-state index in [2.05, 4.69) is 5.32 Å². The van der Waals surface area contributed by atoms with E-state index in [1.54, 1.807) is 7.11 Å². The SMILES string of the molecule is COc1ccc2c(ccn2CC(=O)NCCC(O)c2ccccc2)c1. The van der Waals surface area contributed by atoms with Gasteiger partial charge in [0.2, 0.25) is 5.91 Å². The van der Waals surface area contributed by atoms with Crippen LogP contribution in [0, 0.1) is 0 Å². The van der Waals surface area contributed by atoms with Gasteiger partial charge >= 0.3 is 0 Å². The molecule has 130 valence electrons. The monoisotopic (exact) mass is 338 g/mol. The topological polar surface area (TPSA) is 63.5 Å². The van der Waals surface area contributed by atoms with Crippen LogP contribution in [-0.2, 0) is 11.3 Å². The van der Waals surface area contributed by atoms with Gasteiger partial charge in [-0.05, 0) is 36.2 Å². The highest BCUT2D eigenvalue weighted by atomic mass is 16.5. The average molecular weight is 338 g/mol. The zero-order chi connectivity index (χ0) is 17.6. The number of carbonyl (C=O) groups is 1. The Hall–Kier alpha value is -2.79. The summed E-state index contributed by atoms with van der Waals surface area (Å²) in [6.07, 6.45) is 1.81. The molecule has 0 aliphatic heterocycles. The molecule has 0 aliphatic carbocycles. The molecule has 1 aromatic heterocycles. The fraction of sp³-hybridized carbons (Fsp3) is 0.250. The van der Waals surface area contributed by atoms with E-state index >= 15 is 0 Å². The predicted octanol–water partition coefficient (Wildman–Crippen LogP) is 2.89. The summed E-state index contributed by atoms with van der Waals surface area (Å²) in [5.74, 6) is 0.721. The number of rotatable bonds is 7. The van der Waals surface area contributed by atoms with E-state index in [1.807, 2.05) is 65.4 Å². The third-order valence-electron chi connectivity index (χ3n) is 4.22. The van der Waals surface area contributed by atoms with E-state index in [9.17, 15) is 9.90 Å². The largest absolute Gasteiger partial charge is 0.497 e. The molecule has 2 N–H and O–H groups in total. The van der Waals surface area contributed by atoms with E-state index in [4.69, 9.17) is 4.74 Å². The van der Waals surface area contributed by atoms with Crippen molar-refractivity contribution in [2.24, 2.45) is 0 Å². The van der Waals surface area contributed by atoms with Gasteiger partial charge in [0, 0.05) is 23.6 Å². The van der Waals surface area contributed by atoms with Crippen molar-refractivity contribution >= 4 is 16.8 Å². The minimum absolute atomic E-state index is 0.0754. The fourth-order valence-electron chi connectivity index (χ4n) is 2.84. The molecule has 1 unspecified atom stereocenters. The number of methoxy groups -OCH3 is 1. The van der Waals surface area contributed by atoms with E-state index < -0.39 is 6.10 Å². The van der Waals surface area contributed by atoms with Gasteiger partial charge in [-0.1, -0.05) is 30.3 Å². The minimum atomic E-state index is -0.568. The molecule has 1 heterocycles. The minimum Gasteiger partial charge on any atom is -0.497 e.